The molecule has 0 radical (unpaired) electrons. The third kappa shape index (κ3) is 5.63. The molecule has 0 saturated carbocycles. The number of halogens is 3. The third-order valence-corrected chi connectivity index (χ3v) is 5.95. The Morgan fingerprint density at radius 2 is 1.92 bits per heavy atom. The van der Waals surface area contributed by atoms with Crippen LogP contribution in [0.2, 0.25) is 0 Å². The van der Waals surface area contributed by atoms with Gasteiger partial charge in [-0.25, -0.2) is 0 Å². The number of anilines is 2. The van der Waals surface area contributed by atoms with Gasteiger partial charge >= 0.3 is 6.18 Å². The molecule has 2 aromatic carbocycles. The summed E-state index contributed by atoms with van der Waals surface area (Å²) in [6.07, 6.45) is -2.84. The number of aromatic nitrogens is 2. The summed E-state index contributed by atoms with van der Waals surface area (Å²) >= 11 is 0. The molecule has 0 saturated heterocycles. The van der Waals surface area contributed by atoms with Crippen LogP contribution < -0.4 is 20.5 Å². The number of alkyl halides is 3. The standard InChI is InChI=1S/C27H27F3N4O3/c1-15-8-23(33-16(2)18-9-19(27(28,29)30)11-20(31)10-18)22-12-26(25(36-4)13-24(22)32-15)37-14-21-6-5-7-34(21)17(3)35/h5-13,16H,14,31H2,1-4H3,(H,32,33)/t16-/m1/s1. The van der Waals surface area contributed by atoms with Crippen LogP contribution in [-0.4, -0.2) is 22.6 Å². The molecule has 4 aromatic rings. The van der Waals surface area contributed by atoms with E-state index in [1.54, 1.807) is 37.4 Å². The van der Waals surface area contributed by atoms with Crippen LogP contribution in [0.1, 0.15) is 47.2 Å². The Hall–Kier alpha value is -4.21. The molecule has 0 fully saturated rings. The fourth-order valence-corrected chi connectivity index (χ4v) is 4.16. The molecule has 0 aliphatic rings. The van der Waals surface area contributed by atoms with Crippen molar-refractivity contribution in [2.75, 3.05) is 18.2 Å². The van der Waals surface area contributed by atoms with Crippen molar-refractivity contribution < 1.29 is 27.4 Å². The molecule has 0 unspecified atom stereocenters. The number of carbonyl (C=O) groups excluding carboxylic acids is 1. The van der Waals surface area contributed by atoms with Gasteiger partial charge in [-0.2, -0.15) is 13.2 Å². The normalized spacial score (nSPS) is 12.4. The fourth-order valence-electron chi connectivity index (χ4n) is 4.16. The summed E-state index contributed by atoms with van der Waals surface area (Å²) in [5.74, 6) is 0.747. The average Bonchev–Trinajstić information content (AvgIpc) is 3.30. The maximum atomic E-state index is 13.3. The lowest BCUT2D eigenvalue weighted by atomic mass is 10.0. The lowest BCUT2D eigenvalue weighted by Crippen LogP contribution is -2.12. The number of hydrogen-bond donors (Lipinski definition) is 2. The van der Waals surface area contributed by atoms with Crippen LogP contribution in [-0.2, 0) is 12.8 Å². The van der Waals surface area contributed by atoms with Crippen LogP contribution in [0.5, 0.6) is 11.5 Å². The molecule has 0 aliphatic heterocycles. The second-order valence-electron chi connectivity index (χ2n) is 8.76. The van der Waals surface area contributed by atoms with Crippen molar-refractivity contribution in [3.05, 3.63) is 77.2 Å². The third-order valence-electron chi connectivity index (χ3n) is 5.95. The zero-order chi connectivity index (χ0) is 26.9. The summed E-state index contributed by atoms with van der Waals surface area (Å²) < 4.78 is 53.0. The number of fused-ring (bicyclic) bond motifs is 1. The number of hydrogen-bond acceptors (Lipinski definition) is 6. The molecule has 0 spiro atoms. The van der Waals surface area contributed by atoms with Crippen molar-refractivity contribution >= 4 is 28.2 Å². The van der Waals surface area contributed by atoms with Gasteiger partial charge in [-0.15, -0.1) is 0 Å². The van der Waals surface area contributed by atoms with Gasteiger partial charge in [-0.3, -0.25) is 14.3 Å². The molecule has 0 amide bonds. The van der Waals surface area contributed by atoms with E-state index in [9.17, 15) is 18.0 Å². The predicted molar refractivity (Wildman–Crippen MR) is 136 cm³/mol. The highest BCUT2D eigenvalue weighted by Gasteiger charge is 2.31. The summed E-state index contributed by atoms with van der Waals surface area (Å²) in [5, 5.41) is 3.99. The summed E-state index contributed by atoms with van der Waals surface area (Å²) in [7, 11) is 1.52. The number of nitrogens with one attached hydrogen (secondary N) is 1. The number of pyridine rings is 1. The van der Waals surface area contributed by atoms with Crippen LogP contribution in [0.15, 0.2) is 54.7 Å². The Balaban J connectivity index is 1.70. The first-order chi connectivity index (χ1) is 17.5. The zero-order valence-electron chi connectivity index (χ0n) is 20.8. The summed E-state index contributed by atoms with van der Waals surface area (Å²) in [5.41, 5.74) is 8.05. The Kier molecular flexibility index (Phi) is 7.02. The number of nitrogens with two attached hydrogens (primary N) is 1. The molecule has 2 aromatic heterocycles. The highest BCUT2D eigenvalue weighted by atomic mass is 19.4. The zero-order valence-corrected chi connectivity index (χ0v) is 20.8. The van der Waals surface area contributed by atoms with Crippen LogP contribution >= 0.6 is 0 Å². The fraction of sp³-hybridized carbons (Fsp3) is 0.259. The van der Waals surface area contributed by atoms with Gasteiger partial charge in [0.25, 0.3) is 0 Å². The summed E-state index contributed by atoms with van der Waals surface area (Å²) in [6, 6.07) is 11.9. The van der Waals surface area contributed by atoms with E-state index in [2.05, 4.69) is 10.3 Å². The quantitative estimate of drug-likeness (QED) is 0.280. The molecule has 3 N–H and O–H groups in total. The van der Waals surface area contributed by atoms with E-state index >= 15 is 0 Å². The molecule has 4 rings (SSSR count). The molecular weight excluding hydrogens is 485 g/mol. The van der Waals surface area contributed by atoms with Gasteiger partial charge in [0.15, 0.2) is 11.5 Å². The monoisotopic (exact) mass is 512 g/mol. The molecule has 0 bridgehead atoms. The number of methoxy groups -OCH3 is 1. The van der Waals surface area contributed by atoms with Gasteiger partial charge in [-0.1, -0.05) is 0 Å². The van der Waals surface area contributed by atoms with E-state index in [0.717, 1.165) is 12.1 Å². The van der Waals surface area contributed by atoms with E-state index in [1.807, 2.05) is 13.0 Å². The molecule has 2 heterocycles. The van der Waals surface area contributed by atoms with Crippen LogP contribution in [0, 0.1) is 6.92 Å². The van der Waals surface area contributed by atoms with Crippen molar-refractivity contribution in [3.8, 4) is 11.5 Å². The molecule has 37 heavy (non-hydrogen) atoms. The molecular formula is C27H27F3N4O3. The number of carbonyl (C=O) groups is 1. The number of benzene rings is 2. The topological polar surface area (TPSA) is 91.4 Å². The van der Waals surface area contributed by atoms with E-state index in [4.69, 9.17) is 15.2 Å². The lowest BCUT2D eigenvalue weighted by Gasteiger charge is -2.20. The number of aryl methyl sites for hydroxylation is 1. The molecule has 7 nitrogen and oxygen atoms in total. The first kappa shape index (κ1) is 25.9. The highest BCUT2D eigenvalue weighted by molar-refractivity contribution is 5.94. The average molecular weight is 513 g/mol. The molecule has 10 heteroatoms. The van der Waals surface area contributed by atoms with Crippen molar-refractivity contribution in [2.45, 2.75) is 39.6 Å². The second kappa shape index (κ2) is 10.0. The van der Waals surface area contributed by atoms with Crippen LogP contribution in [0.25, 0.3) is 10.9 Å². The van der Waals surface area contributed by atoms with Gasteiger partial charge in [0.1, 0.15) is 6.61 Å². The van der Waals surface area contributed by atoms with E-state index in [0.29, 0.717) is 45.0 Å². The number of nitrogens with zero attached hydrogens (tertiary/aromatic N) is 2. The minimum Gasteiger partial charge on any atom is -0.493 e. The van der Waals surface area contributed by atoms with Gasteiger partial charge in [0.05, 0.1) is 23.9 Å². The summed E-state index contributed by atoms with van der Waals surface area (Å²) in [4.78, 5) is 16.4. The smallest absolute Gasteiger partial charge is 0.416 e. The molecule has 0 aliphatic carbocycles. The number of nitrogen functional groups attached to an aromatic ring is 1. The minimum absolute atomic E-state index is 0.0324. The Morgan fingerprint density at radius 1 is 1.16 bits per heavy atom. The first-order valence-electron chi connectivity index (χ1n) is 11.5. The largest absolute Gasteiger partial charge is 0.493 e. The van der Waals surface area contributed by atoms with Crippen LogP contribution in [0.4, 0.5) is 24.5 Å². The van der Waals surface area contributed by atoms with E-state index in [1.165, 1.54) is 24.7 Å². The van der Waals surface area contributed by atoms with Gasteiger partial charge in [-0.05, 0) is 61.9 Å². The van der Waals surface area contributed by atoms with Crippen molar-refractivity contribution in [1.29, 1.82) is 0 Å². The second-order valence-corrected chi connectivity index (χ2v) is 8.76. The minimum atomic E-state index is -4.51. The Morgan fingerprint density at radius 3 is 2.59 bits per heavy atom. The predicted octanol–water partition coefficient (Wildman–Crippen LogP) is 6.37. The molecule has 1 atom stereocenters. The maximum Gasteiger partial charge on any atom is 0.416 e. The van der Waals surface area contributed by atoms with Crippen LogP contribution in [0.3, 0.4) is 0 Å². The maximum absolute atomic E-state index is 13.3. The first-order valence-corrected chi connectivity index (χ1v) is 11.5. The van der Waals surface area contributed by atoms with Gasteiger partial charge < -0.3 is 20.5 Å². The number of ether oxygens (including phenoxy) is 2. The van der Waals surface area contributed by atoms with E-state index < -0.39 is 17.8 Å². The Labute approximate surface area is 212 Å². The van der Waals surface area contributed by atoms with Crippen molar-refractivity contribution in [1.82, 2.24) is 9.55 Å². The van der Waals surface area contributed by atoms with Gasteiger partial charge in [0.2, 0.25) is 5.91 Å². The summed E-state index contributed by atoms with van der Waals surface area (Å²) in [6.45, 7) is 5.17. The van der Waals surface area contributed by atoms with Crippen molar-refractivity contribution in [2.24, 2.45) is 0 Å². The highest BCUT2D eigenvalue weighted by Crippen LogP contribution is 2.38. The van der Waals surface area contributed by atoms with Gasteiger partial charge in [0, 0.05) is 47.7 Å². The van der Waals surface area contributed by atoms with Crippen molar-refractivity contribution in [3.63, 3.8) is 0 Å². The lowest BCUT2D eigenvalue weighted by molar-refractivity contribution is -0.137. The Bertz CT molecular complexity index is 1460. The SMILES string of the molecule is COc1cc2nc(C)cc(N[C@H](C)c3cc(N)cc(C(F)(F)F)c3)c2cc1OCc1cccn1C(C)=O. The van der Waals surface area contributed by atoms with E-state index in [-0.39, 0.29) is 18.2 Å². The molecule has 194 valence electrons. The number of rotatable bonds is 7.